The Balaban J connectivity index is 2.21. The van der Waals surface area contributed by atoms with E-state index >= 15 is 0 Å². The molecule has 4 heteroatoms. The van der Waals surface area contributed by atoms with Crippen molar-refractivity contribution in [2.24, 2.45) is 0 Å². The lowest BCUT2D eigenvalue weighted by Gasteiger charge is -2.00. The summed E-state index contributed by atoms with van der Waals surface area (Å²) in [7, 11) is 0. The van der Waals surface area contributed by atoms with Crippen molar-refractivity contribution < 1.29 is 0 Å². The molecule has 2 rings (SSSR count). The van der Waals surface area contributed by atoms with Gasteiger partial charge in [-0.1, -0.05) is 24.2 Å². The first-order chi connectivity index (χ1) is 5.36. The molecule has 1 fully saturated rings. The largest absolute Gasteiger partial charge is 0.258 e. The van der Waals surface area contributed by atoms with E-state index in [2.05, 4.69) is 10.2 Å². The zero-order chi connectivity index (χ0) is 7.68. The maximum absolute atomic E-state index is 4.97. The summed E-state index contributed by atoms with van der Waals surface area (Å²) in [5, 5.41) is 8.23. The predicted molar refractivity (Wildman–Crippen MR) is 48.5 cm³/mol. The number of aromatic nitrogens is 2. The Morgan fingerprint density at radius 2 is 2.18 bits per heavy atom. The molecular formula is C7H10N2S2. The highest BCUT2D eigenvalue weighted by atomic mass is 32.1. The molecule has 0 aromatic carbocycles. The highest BCUT2D eigenvalue weighted by Crippen LogP contribution is 2.34. The van der Waals surface area contributed by atoms with E-state index in [1.54, 1.807) is 11.3 Å². The van der Waals surface area contributed by atoms with Gasteiger partial charge in [0.25, 0.3) is 0 Å². The summed E-state index contributed by atoms with van der Waals surface area (Å²) >= 11 is 6.60. The highest BCUT2D eigenvalue weighted by molar-refractivity contribution is 7.73. The summed E-state index contributed by atoms with van der Waals surface area (Å²) in [6, 6.07) is 0. The first-order valence-corrected chi connectivity index (χ1v) is 5.14. The van der Waals surface area contributed by atoms with Gasteiger partial charge >= 0.3 is 0 Å². The van der Waals surface area contributed by atoms with Crippen molar-refractivity contribution in [1.29, 1.82) is 0 Å². The van der Waals surface area contributed by atoms with Crippen molar-refractivity contribution >= 4 is 23.6 Å². The van der Waals surface area contributed by atoms with Crippen LogP contribution in [0.5, 0.6) is 0 Å². The van der Waals surface area contributed by atoms with Gasteiger partial charge in [-0.3, -0.25) is 5.10 Å². The van der Waals surface area contributed by atoms with E-state index < -0.39 is 0 Å². The zero-order valence-corrected chi connectivity index (χ0v) is 7.80. The predicted octanol–water partition coefficient (Wildman–Crippen LogP) is 2.86. The fraction of sp³-hybridized carbons (Fsp3) is 0.714. The standard InChI is InChI=1S/C7H10N2S2/c10-7-9-8-6(11-7)5-3-1-2-4-5/h5H,1-4H2,(H,9,10). The Bertz CT molecular complexity index is 283. The van der Waals surface area contributed by atoms with Gasteiger partial charge in [0.15, 0.2) is 3.95 Å². The van der Waals surface area contributed by atoms with E-state index in [0.717, 1.165) is 3.95 Å². The molecule has 1 heterocycles. The maximum Gasteiger partial charge on any atom is 0.176 e. The van der Waals surface area contributed by atoms with Crippen LogP contribution in [-0.2, 0) is 0 Å². The molecule has 0 spiro atoms. The molecule has 1 saturated carbocycles. The topological polar surface area (TPSA) is 28.7 Å². The lowest BCUT2D eigenvalue weighted by molar-refractivity contribution is 0.704. The number of H-pyrrole nitrogens is 1. The molecule has 60 valence electrons. The summed E-state index contributed by atoms with van der Waals surface area (Å²) in [5.74, 6) is 0.702. The van der Waals surface area contributed by atoms with Gasteiger partial charge in [0, 0.05) is 5.92 Å². The summed E-state index contributed by atoms with van der Waals surface area (Å²) < 4.78 is 0.812. The lowest BCUT2D eigenvalue weighted by atomic mass is 10.1. The fourth-order valence-corrected chi connectivity index (χ4v) is 2.67. The van der Waals surface area contributed by atoms with Gasteiger partial charge in [-0.05, 0) is 25.1 Å². The third-order valence-corrected chi connectivity index (χ3v) is 3.41. The number of nitrogens with zero attached hydrogens (tertiary/aromatic N) is 1. The van der Waals surface area contributed by atoms with Crippen molar-refractivity contribution in [3.05, 3.63) is 8.96 Å². The van der Waals surface area contributed by atoms with Crippen molar-refractivity contribution in [2.45, 2.75) is 31.6 Å². The summed E-state index contributed by atoms with van der Waals surface area (Å²) in [4.78, 5) is 0. The molecule has 0 radical (unpaired) electrons. The van der Waals surface area contributed by atoms with Crippen LogP contribution in [0, 0.1) is 3.95 Å². The average Bonchev–Trinajstić information content (AvgIpc) is 2.55. The second-order valence-electron chi connectivity index (χ2n) is 2.93. The molecule has 11 heavy (non-hydrogen) atoms. The minimum atomic E-state index is 0.702. The van der Waals surface area contributed by atoms with Gasteiger partial charge in [-0.2, -0.15) is 5.10 Å². The molecule has 1 aliphatic rings. The third kappa shape index (κ3) is 1.51. The van der Waals surface area contributed by atoms with E-state index in [1.165, 1.54) is 30.7 Å². The van der Waals surface area contributed by atoms with Crippen LogP contribution >= 0.6 is 23.6 Å². The zero-order valence-electron chi connectivity index (χ0n) is 6.17. The Hall–Kier alpha value is -0.220. The second-order valence-corrected chi connectivity index (χ2v) is 4.63. The molecule has 0 bridgehead atoms. The van der Waals surface area contributed by atoms with E-state index in [1.807, 2.05) is 0 Å². The van der Waals surface area contributed by atoms with Crippen LogP contribution in [0.25, 0.3) is 0 Å². The Labute approximate surface area is 74.7 Å². The van der Waals surface area contributed by atoms with E-state index in [4.69, 9.17) is 12.2 Å². The number of hydrogen-bond donors (Lipinski definition) is 1. The average molecular weight is 186 g/mol. The first-order valence-electron chi connectivity index (χ1n) is 3.91. The molecular weight excluding hydrogens is 176 g/mol. The lowest BCUT2D eigenvalue weighted by Crippen LogP contribution is -1.89. The summed E-state index contributed by atoms with van der Waals surface area (Å²) in [5.41, 5.74) is 0. The first kappa shape index (κ1) is 7.43. The molecule has 0 amide bonds. The van der Waals surface area contributed by atoms with Crippen molar-refractivity contribution in [3.63, 3.8) is 0 Å². The van der Waals surface area contributed by atoms with E-state index in [-0.39, 0.29) is 0 Å². The number of hydrogen-bond acceptors (Lipinski definition) is 3. The summed E-state index contributed by atoms with van der Waals surface area (Å²) in [6.45, 7) is 0. The molecule has 0 aliphatic heterocycles. The quantitative estimate of drug-likeness (QED) is 0.683. The normalized spacial score (nSPS) is 19.3. The van der Waals surface area contributed by atoms with E-state index in [9.17, 15) is 0 Å². The molecule has 2 nitrogen and oxygen atoms in total. The number of aromatic amines is 1. The van der Waals surface area contributed by atoms with Gasteiger partial charge in [-0.15, -0.1) is 0 Å². The van der Waals surface area contributed by atoms with Crippen LogP contribution in [0.15, 0.2) is 0 Å². The van der Waals surface area contributed by atoms with Gasteiger partial charge in [0.1, 0.15) is 5.01 Å². The number of rotatable bonds is 1. The SMILES string of the molecule is S=c1[nH]nc(C2CCCC2)s1. The second kappa shape index (κ2) is 3.03. The smallest absolute Gasteiger partial charge is 0.176 e. The Kier molecular flexibility index (Phi) is 2.05. The number of nitrogens with one attached hydrogen (secondary N) is 1. The Morgan fingerprint density at radius 3 is 2.73 bits per heavy atom. The molecule has 0 saturated heterocycles. The fourth-order valence-electron chi connectivity index (χ4n) is 1.59. The monoisotopic (exact) mass is 186 g/mol. The van der Waals surface area contributed by atoms with Crippen molar-refractivity contribution in [3.8, 4) is 0 Å². The van der Waals surface area contributed by atoms with Gasteiger partial charge in [-0.25, -0.2) is 0 Å². The highest BCUT2D eigenvalue weighted by Gasteiger charge is 2.19. The van der Waals surface area contributed by atoms with Crippen LogP contribution in [0.2, 0.25) is 0 Å². The van der Waals surface area contributed by atoms with Gasteiger partial charge < -0.3 is 0 Å². The van der Waals surface area contributed by atoms with Crippen LogP contribution in [-0.4, -0.2) is 10.2 Å². The van der Waals surface area contributed by atoms with Crippen LogP contribution in [0.3, 0.4) is 0 Å². The molecule has 1 aromatic rings. The van der Waals surface area contributed by atoms with Gasteiger partial charge in [0.05, 0.1) is 0 Å². The van der Waals surface area contributed by atoms with Crippen molar-refractivity contribution in [2.75, 3.05) is 0 Å². The maximum atomic E-state index is 4.97. The van der Waals surface area contributed by atoms with Crippen LogP contribution < -0.4 is 0 Å². The molecule has 0 unspecified atom stereocenters. The van der Waals surface area contributed by atoms with Crippen LogP contribution in [0.4, 0.5) is 0 Å². The van der Waals surface area contributed by atoms with Crippen LogP contribution in [0.1, 0.15) is 36.6 Å². The van der Waals surface area contributed by atoms with Gasteiger partial charge in [0.2, 0.25) is 0 Å². The molecule has 1 aromatic heterocycles. The molecule has 0 atom stereocenters. The molecule has 1 aliphatic carbocycles. The van der Waals surface area contributed by atoms with E-state index in [0.29, 0.717) is 5.92 Å². The minimum Gasteiger partial charge on any atom is -0.258 e. The Morgan fingerprint density at radius 1 is 1.45 bits per heavy atom. The summed E-state index contributed by atoms with van der Waals surface area (Å²) in [6.07, 6.45) is 5.32. The third-order valence-electron chi connectivity index (χ3n) is 2.16. The molecule has 1 N–H and O–H groups in total. The van der Waals surface area contributed by atoms with Crippen molar-refractivity contribution in [1.82, 2.24) is 10.2 Å². The minimum absolute atomic E-state index is 0.702.